The fourth-order valence-electron chi connectivity index (χ4n) is 5.82. The lowest BCUT2D eigenvalue weighted by Gasteiger charge is -2.47. The average Bonchev–Trinajstić information content (AvgIpc) is 3.00. The molecule has 2 aromatic rings. The molecule has 2 fully saturated rings. The summed E-state index contributed by atoms with van der Waals surface area (Å²) in [6.45, 7) is 7.77. The Morgan fingerprint density at radius 2 is 2.04 bits per heavy atom. The highest BCUT2D eigenvalue weighted by Gasteiger charge is 2.39. The van der Waals surface area contributed by atoms with Crippen LogP contribution in [-0.2, 0) is 11.8 Å². The number of likely N-dealkylation sites (tertiary alicyclic amines) is 1. The van der Waals surface area contributed by atoms with Gasteiger partial charge < -0.3 is 9.47 Å². The molecule has 1 aliphatic carbocycles. The van der Waals surface area contributed by atoms with Crippen LogP contribution in [0, 0.1) is 18.8 Å². The number of aryl methyl sites for hydroxylation is 2. The predicted molar refractivity (Wildman–Crippen MR) is 112 cm³/mol. The Hall–Kier alpha value is -1.77. The Bertz CT molecular complexity index is 836. The van der Waals surface area contributed by atoms with Crippen molar-refractivity contribution in [3.63, 3.8) is 0 Å². The molecule has 1 saturated heterocycles. The summed E-state index contributed by atoms with van der Waals surface area (Å²) < 4.78 is 2.21. The Morgan fingerprint density at radius 1 is 1.22 bits per heavy atom. The molecule has 4 rings (SSSR count). The van der Waals surface area contributed by atoms with E-state index in [1.807, 2.05) is 0 Å². The van der Waals surface area contributed by atoms with Crippen molar-refractivity contribution in [2.45, 2.75) is 71.3 Å². The number of carbonyl (C=O) groups excluding carboxylic acids is 1. The van der Waals surface area contributed by atoms with Crippen LogP contribution in [0.3, 0.4) is 0 Å². The quantitative estimate of drug-likeness (QED) is 0.713. The van der Waals surface area contributed by atoms with Gasteiger partial charge in [0, 0.05) is 43.2 Å². The Balaban J connectivity index is 1.55. The van der Waals surface area contributed by atoms with Crippen LogP contribution in [0.1, 0.15) is 69.4 Å². The molecule has 0 N–H and O–H groups in total. The molecule has 1 aliphatic heterocycles. The number of carbonyl (C=O) groups is 1. The van der Waals surface area contributed by atoms with Gasteiger partial charge in [-0.25, -0.2) is 0 Å². The van der Waals surface area contributed by atoms with Crippen molar-refractivity contribution < 1.29 is 4.79 Å². The number of rotatable bonds is 3. The highest BCUT2D eigenvalue weighted by Crippen LogP contribution is 2.40. The number of piperidine rings is 1. The molecule has 2 heterocycles. The number of nitrogens with zero attached hydrogens (tertiary/aromatic N) is 2. The molecule has 4 atom stereocenters. The third-order valence-corrected chi connectivity index (χ3v) is 7.31. The van der Waals surface area contributed by atoms with E-state index in [4.69, 9.17) is 0 Å². The molecule has 1 amide bonds. The average molecular weight is 367 g/mol. The van der Waals surface area contributed by atoms with E-state index >= 15 is 0 Å². The Morgan fingerprint density at radius 3 is 2.85 bits per heavy atom. The zero-order valence-corrected chi connectivity index (χ0v) is 17.4. The number of hydrogen-bond acceptors (Lipinski definition) is 1. The first kappa shape index (κ1) is 18.6. The lowest BCUT2D eigenvalue weighted by Crippen LogP contribution is -2.51. The third kappa shape index (κ3) is 3.30. The second-order valence-corrected chi connectivity index (χ2v) is 9.14. The van der Waals surface area contributed by atoms with Crippen molar-refractivity contribution in [1.29, 1.82) is 0 Å². The van der Waals surface area contributed by atoms with Gasteiger partial charge in [0.15, 0.2) is 0 Å². The van der Waals surface area contributed by atoms with Crippen LogP contribution in [0.25, 0.3) is 10.9 Å². The van der Waals surface area contributed by atoms with E-state index in [0.29, 0.717) is 18.4 Å². The van der Waals surface area contributed by atoms with E-state index in [1.54, 1.807) is 0 Å². The van der Waals surface area contributed by atoms with Gasteiger partial charge in [0.25, 0.3) is 0 Å². The molecule has 3 nitrogen and oxygen atoms in total. The van der Waals surface area contributed by atoms with E-state index in [2.05, 4.69) is 61.7 Å². The fraction of sp³-hybridized carbons (Fsp3) is 0.625. The summed E-state index contributed by atoms with van der Waals surface area (Å²) in [5.41, 5.74) is 3.90. The van der Waals surface area contributed by atoms with Gasteiger partial charge in [-0.15, -0.1) is 0 Å². The maximum absolute atomic E-state index is 13.3. The second kappa shape index (κ2) is 7.33. The van der Waals surface area contributed by atoms with Gasteiger partial charge in [0.05, 0.1) is 0 Å². The topological polar surface area (TPSA) is 25.2 Å². The van der Waals surface area contributed by atoms with Crippen LogP contribution in [0.2, 0.25) is 0 Å². The SMILES string of the molecule is Cc1cccc2c1c(C(C)CC(=O)N1CCCC3C(C)CCCC31)cn2C. The number of amides is 1. The first-order chi connectivity index (χ1) is 13.0. The van der Waals surface area contributed by atoms with Crippen LogP contribution in [0.4, 0.5) is 0 Å². The second-order valence-electron chi connectivity index (χ2n) is 9.14. The van der Waals surface area contributed by atoms with E-state index < -0.39 is 0 Å². The van der Waals surface area contributed by atoms with Crippen molar-refractivity contribution in [3.05, 3.63) is 35.5 Å². The smallest absolute Gasteiger partial charge is 0.223 e. The summed E-state index contributed by atoms with van der Waals surface area (Å²) in [5, 5.41) is 1.34. The van der Waals surface area contributed by atoms with Crippen molar-refractivity contribution in [3.8, 4) is 0 Å². The largest absolute Gasteiger partial charge is 0.350 e. The normalized spacial score (nSPS) is 26.8. The van der Waals surface area contributed by atoms with E-state index in [0.717, 1.165) is 18.4 Å². The highest BCUT2D eigenvalue weighted by molar-refractivity contribution is 5.88. The van der Waals surface area contributed by atoms with Crippen molar-refractivity contribution in [2.24, 2.45) is 18.9 Å². The standard InChI is InChI=1S/C24H34N2O/c1-16-8-5-11-21-19(16)10-7-13-26(21)23(27)14-18(3)20-15-25(4)22-12-6-9-17(2)24(20)22/h6,9,12,15-16,18-19,21H,5,7-8,10-11,13-14H2,1-4H3. The van der Waals surface area contributed by atoms with Crippen LogP contribution >= 0.6 is 0 Å². The van der Waals surface area contributed by atoms with Crippen LogP contribution in [-0.4, -0.2) is 28.0 Å². The fourth-order valence-corrected chi connectivity index (χ4v) is 5.82. The minimum Gasteiger partial charge on any atom is -0.350 e. The summed E-state index contributed by atoms with van der Waals surface area (Å²) >= 11 is 0. The molecule has 3 heteroatoms. The number of aromatic nitrogens is 1. The lowest BCUT2D eigenvalue weighted by molar-refractivity contribution is -0.138. The maximum atomic E-state index is 13.3. The minimum atomic E-state index is 0.253. The lowest BCUT2D eigenvalue weighted by atomic mass is 9.72. The first-order valence-corrected chi connectivity index (χ1v) is 10.8. The molecular weight excluding hydrogens is 332 g/mol. The molecule has 4 unspecified atom stereocenters. The molecule has 2 aliphatic rings. The predicted octanol–water partition coefficient (Wildman–Crippen LogP) is 5.41. The van der Waals surface area contributed by atoms with Crippen molar-refractivity contribution in [1.82, 2.24) is 9.47 Å². The molecule has 27 heavy (non-hydrogen) atoms. The molecule has 0 radical (unpaired) electrons. The van der Waals surface area contributed by atoms with Crippen LogP contribution in [0.15, 0.2) is 24.4 Å². The van der Waals surface area contributed by atoms with Gasteiger partial charge >= 0.3 is 0 Å². The van der Waals surface area contributed by atoms with Crippen molar-refractivity contribution >= 4 is 16.8 Å². The zero-order chi connectivity index (χ0) is 19.1. The third-order valence-electron chi connectivity index (χ3n) is 7.31. The van der Waals surface area contributed by atoms with E-state index in [-0.39, 0.29) is 5.92 Å². The van der Waals surface area contributed by atoms with Crippen LogP contribution in [0.5, 0.6) is 0 Å². The Kier molecular flexibility index (Phi) is 5.05. The summed E-state index contributed by atoms with van der Waals surface area (Å²) in [5.74, 6) is 2.13. The Labute approximate surface area is 163 Å². The monoisotopic (exact) mass is 366 g/mol. The van der Waals surface area contributed by atoms with Crippen molar-refractivity contribution in [2.75, 3.05) is 6.54 Å². The van der Waals surface area contributed by atoms with Gasteiger partial charge in [-0.05, 0) is 61.1 Å². The molecule has 1 aromatic carbocycles. The zero-order valence-electron chi connectivity index (χ0n) is 17.4. The highest BCUT2D eigenvalue weighted by atomic mass is 16.2. The van der Waals surface area contributed by atoms with Crippen LogP contribution < -0.4 is 0 Å². The molecule has 1 aromatic heterocycles. The number of fused-ring (bicyclic) bond motifs is 2. The molecule has 1 saturated carbocycles. The first-order valence-electron chi connectivity index (χ1n) is 10.8. The van der Waals surface area contributed by atoms with Gasteiger partial charge in [-0.1, -0.05) is 38.8 Å². The molecular formula is C24H34N2O. The van der Waals surface area contributed by atoms with E-state index in [1.165, 1.54) is 54.1 Å². The number of hydrogen-bond donors (Lipinski definition) is 0. The van der Waals surface area contributed by atoms with E-state index in [9.17, 15) is 4.79 Å². The minimum absolute atomic E-state index is 0.253. The maximum Gasteiger partial charge on any atom is 0.223 e. The molecule has 0 bridgehead atoms. The van der Waals surface area contributed by atoms with Gasteiger partial charge in [0.1, 0.15) is 0 Å². The molecule has 146 valence electrons. The summed E-state index contributed by atoms with van der Waals surface area (Å²) in [6, 6.07) is 6.98. The van der Waals surface area contributed by atoms with Gasteiger partial charge in [-0.2, -0.15) is 0 Å². The summed E-state index contributed by atoms with van der Waals surface area (Å²) in [6.07, 6.45) is 9.19. The number of benzene rings is 1. The molecule has 0 spiro atoms. The van der Waals surface area contributed by atoms with Gasteiger partial charge in [-0.3, -0.25) is 4.79 Å². The summed E-state index contributed by atoms with van der Waals surface area (Å²) in [7, 11) is 2.11. The van der Waals surface area contributed by atoms with Gasteiger partial charge in [0.2, 0.25) is 5.91 Å². The summed E-state index contributed by atoms with van der Waals surface area (Å²) in [4.78, 5) is 15.6.